The van der Waals surface area contributed by atoms with Crippen LogP contribution in [0.3, 0.4) is 0 Å². The van der Waals surface area contributed by atoms with Crippen molar-refractivity contribution in [3.63, 3.8) is 0 Å². The molecule has 0 aliphatic heterocycles. The molecule has 5 nitrogen and oxygen atoms in total. The Hall–Kier alpha value is -1.89. The minimum atomic E-state index is -3.54. The van der Waals surface area contributed by atoms with Crippen molar-refractivity contribution >= 4 is 10.0 Å². The van der Waals surface area contributed by atoms with Gasteiger partial charge in [0.25, 0.3) is 0 Å². The molecule has 0 heterocycles. The van der Waals surface area contributed by atoms with Crippen LogP contribution in [0.15, 0.2) is 53.4 Å². The van der Waals surface area contributed by atoms with Crippen LogP contribution < -0.4 is 9.46 Å². The lowest BCUT2D eigenvalue weighted by molar-refractivity contribution is 0.179. The number of nitrogens with zero attached hydrogens (tertiary/aromatic N) is 1. The summed E-state index contributed by atoms with van der Waals surface area (Å²) in [5.74, 6) is 1.33. The Morgan fingerprint density at radius 2 is 1.59 bits per heavy atom. The maximum Gasteiger partial charge on any atom is 0.240 e. The highest BCUT2D eigenvalue weighted by atomic mass is 32.2. The predicted molar refractivity (Wildman–Crippen MR) is 110 cm³/mol. The molecule has 2 aromatic rings. The molecule has 0 atom stereocenters. The molecule has 1 N–H and O–H groups in total. The van der Waals surface area contributed by atoms with Crippen molar-refractivity contribution in [3.8, 4) is 11.5 Å². The molecule has 27 heavy (non-hydrogen) atoms. The standard InChI is InChI=1S/C21H30N2O3S/c1-16(2)23(17(3)4)14-13-22-27(24,25)21-11-9-19(10-12-21)26-20-8-6-7-18(5)15-20/h6-12,15-17,22H,13-14H2,1-5H3. The van der Waals surface area contributed by atoms with Gasteiger partial charge in [-0.05, 0) is 76.6 Å². The summed E-state index contributed by atoms with van der Waals surface area (Å²) in [6.07, 6.45) is 0. The monoisotopic (exact) mass is 390 g/mol. The van der Waals surface area contributed by atoms with Crippen molar-refractivity contribution in [2.45, 2.75) is 51.6 Å². The van der Waals surface area contributed by atoms with Gasteiger partial charge < -0.3 is 4.74 Å². The van der Waals surface area contributed by atoms with Gasteiger partial charge in [-0.3, -0.25) is 4.90 Å². The summed E-state index contributed by atoms with van der Waals surface area (Å²) in [5.41, 5.74) is 1.10. The van der Waals surface area contributed by atoms with Crippen LogP contribution in [-0.2, 0) is 10.0 Å². The van der Waals surface area contributed by atoms with Crippen LogP contribution in [0.25, 0.3) is 0 Å². The second kappa shape index (κ2) is 9.35. The SMILES string of the molecule is Cc1cccc(Oc2ccc(S(=O)(=O)NCCN(C(C)C)C(C)C)cc2)c1. The van der Waals surface area contributed by atoms with E-state index in [1.54, 1.807) is 24.3 Å². The van der Waals surface area contributed by atoms with Crippen LogP contribution in [0.2, 0.25) is 0 Å². The molecule has 0 bridgehead atoms. The van der Waals surface area contributed by atoms with E-state index in [1.807, 2.05) is 31.2 Å². The van der Waals surface area contributed by atoms with Gasteiger partial charge in [0.1, 0.15) is 11.5 Å². The first-order valence-electron chi connectivity index (χ1n) is 9.29. The fourth-order valence-electron chi connectivity index (χ4n) is 3.01. The smallest absolute Gasteiger partial charge is 0.240 e. The molecule has 0 spiro atoms. The van der Waals surface area contributed by atoms with Crippen molar-refractivity contribution in [2.75, 3.05) is 13.1 Å². The minimum Gasteiger partial charge on any atom is -0.457 e. The normalized spacial score (nSPS) is 12.1. The lowest BCUT2D eigenvalue weighted by Crippen LogP contribution is -2.42. The fraction of sp³-hybridized carbons (Fsp3) is 0.429. The first kappa shape index (κ1) is 21.4. The Kier molecular flexibility index (Phi) is 7.41. The van der Waals surface area contributed by atoms with Gasteiger partial charge in [0.15, 0.2) is 0 Å². The average Bonchev–Trinajstić information content (AvgIpc) is 2.58. The number of hydrogen-bond acceptors (Lipinski definition) is 4. The molecular weight excluding hydrogens is 360 g/mol. The second-order valence-corrected chi connectivity index (χ2v) is 8.98. The molecule has 0 saturated carbocycles. The first-order valence-corrected chi connectivity index (χ1v) is 10.8. The number of hydrogen-bond donors (Lipinski definition) is 1. The molecule has 2 rings (SSSR count). The molecule has 0 saturated heterocycles. The summed E-state index contributed by atoms with van der Waals surface area (Å²) in [4.78, 5) is 2.49. The third kappa shape index (κ3) is 6.34. The molecule has 0 fully saturated rings. The third-order valence-electron chi connectivity index (χ3n) is 4.35. The number of sulfonamides is 1. The highest BCUT2D eigenvalue weighted by molar-refractivity contribution is 7.89. The van der Waals surface area contributed by atoms with Crippen molar-refractivity contribution in [3.05, 3.63) is 54.1 Å². The summed E-state index contributed by atoms with van der Waals surface area (Å²) in [6.45, 7) is 11.5. The van der Waals surface area contributed by atoms with E-state index in [2.05, 4.69) is 37.3 Å². The molecular formula is C21H30N2O3S. The average molecular weight is 391 g/mol. The number of benzene rings is 2. The third-order valence-corrected chi connectivity index (χ3v) is 5.82. The van der Waals surface area contributed by atoms with Crippen LogP contribution in [0.5, 0.6) is 11.5 Å². The van der Waals surface area contributed by atoms with Crippen molar-refractivity contribution in [1.82, 2.24) is 9.62 Å². The number of nitrogens with one attached hydrogen (secondary N) is 1. The Balaban J connectivity index is 1.98. The second-order valence-electron chi connectivity index (χ2n) is 7.21. The molecule has 0 amide bonds. The van der Waals surface area contributed by atoms with Gasteiger partial charge >= 0.3 is 0 Å². The summed E-state index contributed by atoms with van der Waals surface area (Å²) in [5, 5.41) is 0. The van der Waals surface area contributed by atoms with Crippen LogP contribution in [0.4, 0.5) is 0 Å². The van der Waals surface area contributed by atoms with Crippen LogP contribution >= 0.6 is 0 Å². The molecule has 2 aromatic carbocycles. The summed E-state index contributed by atoms with van der Waals surface area (Å²) in [7, 11) is -3.54. The zero-order valence-corrected chi connectivity index (χ0v) is 17.6. The fourth-order valence-corrected chi connectivity index (χ4v) is 4.03. The lowest BCUT2D eigenvalue weighted by atomic mass is 10.2. The minimum absolute atomic E-state index is 0.236. The molecule has 148 valence electrons. The maximum atomic E-state index is 12.5. The van der Waals surface area contributed by atoms with Gasteiger partial charge in [-0.15, -0.1) is 0 Å². The molecule has 6 heteroatoms. The maximum absolute atomic E-state index is 12.5. The summed E-state index contributed by atoms with van der Waals surface area (Å²) >= 11 is 0. The number of aryl methyl sites for hydroxylation is 1. The largest absolute Gasteiger partial charge is 0.457 e. The van der Waals surface area contributed by atoms with E-state index in [-0.39, 0.29) is 4.90 Å². The zero-order valence-electron chi connectivity index (χ0n) is 16.8. The predicted octanol–water partition coefficient (Wildman–Crippen LogP) is 4.18. The molecule has 0 unspecified atom stereocenters. The van der Waals surface area contributed by atoms with Crippen LogP contribution in [0, 0.1) is 6.92 Å². The molecule has 0 radical (unpaired) electrons. The Labute approximate surface area is 163 Å². The van der Waals surface area contributed by atoms with Crippen molar-refractivity contribution in [2.24, 2.45) is 0 Å². The van der Waals surface area contributed by atoms with Gasteiger partial charge in [0, 0.05) is 25.2 Å². The van der Waals surface area contributed by atoms with E-state index < -0.39 is 10.0 Å². The Morgan fingerprint density at radius 3 is 2.15 bits per heavy atom. The quantitative estimate of drug-likeness (QED) is 0.698. The zero-order chi connectivity index (χ0) is 20.0. The van der Waals surface area contributed by atoms with Gasteiger partial charge in [0.05, 0.1) is 4.90 Å². The summed E-state index contributed by atoms with van der Waals surface area (Å²) in [6, 6.07) is 14.9. The van der Waals surface area contributed by atoms with E-state index in [0.717, 1.165) is 11.3 Å². The van der Waals surface area contributed by atoms with Crippen molar-refractivity contribution < 1.29 is 13.2 Å². The first-order chi connectivity index (χ1) is 12.7. The molecule has 0 aliphatic rings. The van der Waals surface area contributed by atoms with E-state index in [1.165, 1.54) is 0 Å². The van der Waals surface area contributed by atoms with E-state index >= 15 is 0 Å². The lowest BCUT2D eigenvalue weighted by Gasteiger charge is -2.30. The Morgan fingerprint density at radius 1 is 0.963 bits per heavy atom. The molecule has 0 aromatic heterocycles. The highest BCUT2D eigenvalue weighted by Gasteiger charge is 2.17. The van der Waals surface area contributed by atoms with E-state index in [0.29, 0.717) is 30.9 Å². The Bertz CT molecular complexity index is 823. The van der Waals surface area contributed by atoms with E-state index in [4.69, 9.17) is 4.74 Å². The molecule has 0 aliphatic carbocycles. The van der Waals surface area contributed by atoms with Gasteiger partial charge in [0.2, 0.25) is 10.0 Å². The number of rotatable bonds is 9. The highest BCUT2D eigenvalue weighted by Crippen LogP contribution is 2.23. The topological polar surface area (TPSA) is 58.6 Å². The van der Waals surface area contributed by atoms with E-state index in [9.17, 15) is 8.42 Å². The van der Waals surface area contributed by atoms with Crippen LogP contribution in [-0.4, -0.2) is 38.5 Å². The van der Waals surface area contributed by atoms with Gasteiger partial charge in [-0.1, -0.05) is 12.1 Å². The van der Waals surface area contributed by atoms with Crippen molar-refractivity contribution in [1.29, 1.82) is 0 Å². The number of ether oxygens (including phenoxy) is 1. The summed E-state index contributed by atoms with van der Waals surface area (Å²) < 4.78 is 33.4. The van der Waals surface area contributed by atoms with Gasteiger partial charge in [-0.25, -0.2) is 13.1 Å². The van der Waals surface area contributed by atoms with Gasteiger partial charge in [-0.2, -0.15) is 0 Å². The van der Waals surface area contributed by atoms with Crippen LogP contribution in [0.1, 0.15) is 33.3 Å².